The molecule has 0 aromatic heterocycles. The van der Waals surface area contributed by atoms with Crippen LogP contribution in [0.3, 0.4) is 0 Å². The van der Waals surface area contributed by atoms with Crippen molar-refractivity contribution in [3.8, 4) is 0 Å². The Kier molecular flexibility index (Phi) is 16.4. The van der Waals surface area contributed by atoms with Gasteiger partial charge in [0.05, 0.1) is 6.04 Å². The van der Waals surface area contributed by atoms with Gasteiger partial charge in [-0.3, -0.25) is 19.2 Å². The zero-order valence-corrected chi connectivity index (χ0v) is 20.5. The first kappa shape index (κ1) is 31.0. The van der Waals surface area contributed by atoms with Crippen LogP contribution in [-0.2, 0) is 24.0 Å². The topological polar surface area (TPSA) is 220 Å². The van der Waals surface area contributed by atoms with Crippen molar-refractivity contribution in [3.05, 3.63) is 0 Å². The van der Waals surface area contributed by atoms with Crippen LogP contribution in [0.1, 0.15) is 38.5 Å². The van der Waals surface area contributed by atoms with E-state index in [4.69, 9.17) is 17.2 Å². The second-order valence-corrected chi connectivity index (χ2v) is 8.73. The third-order valence-electron chi connectivity index (χ3n) is 4.66. The molecule has 0 saturated heterocycles. The minimum Gasteiger partial charge on any atom is -0.480 e. The standard InChI is InChI=1S/C19H36N6O6S2/c1-33-9-7-12(17(28)24-13(19(30)31)4-2-3-8-20)23-18(29)14(10-32)25-16(27)11(21)5-6-15(22)26/h11-14,32H,2-10,20-21H2,1H3,(H2,22,26)(H,23,29)(H,24,28)(H,25,27)(H,30,31). The molecule has 0 heterocycles. The molecule has 0 saturated carbocycles. The first-order valence-electron chi connectivity index (χ1n) is 10.5. The number of amides is 4. The SMILES string of the molecule is CSCCC(NC(=O)C(CS)NC(=O)C(N)CCC(N)=O)C(=O)NC(CCCCN)C(=O)O. The fourth-order valence-electron chi connectivity index (χ4n) is 2.70. The average Bonchev–Trinajstić information content (AvgIpc) is 2.77. The maximum absolute atomic E-state index is 12.7. The van der Waals surface area contributed by atoms with Crippen LogP contribution in [0.15, 0.2) is 0 Å². The lowest BCUT2D eigenvalue weighted by molar-refractivity contribution is -0.142. The molecule has 0 radical (unpaired) electrons. The molecule has 0 aliphatic rings. The number of unbranched alkanes of at least 4 members (excludes halogenated alkanes) is 1. The lowest BCUT2D eigenvalue weighted by atomic mass is 10.1. The minimum absolute atomic E-state index is 0.0154. The number of thioether (sulfide) groups is 1. The molecule has 0 aromatic rings. The minimum atomic E-state index is -1.18. The highest BCUT2D eigenvalue weighted by atomic mass is 32.2. The molecular formula is C19H36N6O6S2. The van der Waals surface area contributed by atoms with Gasteiger partial charge in [0.25, 0.3) is 0 Å². The molecule has 190 valence electrons. The summed E-state index contributed by atoms with van der Waals surface area (Å²) in [7, 11) is 0. The molecule has 0 bridgehead atoms. The number of hydrogen-bond donors (Lipinski definition) is 8. The van der Waals surface area contributed by atoms with Crippen LogP contribution in [0, 0.1) is 0 Å². The van der Waals surface area contributed by atoms with E-state index in [0.29, 0.717) is 25.1 Å². The summed E-state index contributed by atoms with van der Waals surface area (Å²) in [6.07, 6.45) is 3.37. The molecule has 4 amide bonds. The average molecular weight is 509 g/mol. The molecule has 4 atom stereocenters. The summed E-state index contributed by atoms with van der Waals surface area (Å²) in [6, 6.07) is -4.26. The number of aliphatic carboxylic acids is 1. The van der Waals surface area contributed by atoms with Gasteiger partial charge in [-0.05, 0) is 50.7 Å². The van der Waals surface area contributed by atoms with Crippen LogP contribution in [0.4, 0.5) is 0 Å². The van der Waals surface area contributed by atoms with E-state index in [1.165, 1.54) is 11.8 Å². The Hall–Kier alpha value is -2.03. The summed E-state index contributed by atoms with van der Waals surface area (Å²) in [6.45, 7) is 0.412. The van der Waals surface area contributed by atoms with Gasteiger partial charge in [-0.15, -0.1) is 0 Å². The monoisotopic (exact) mass is 508 g/mol. The summed E-state index contributed by atoms with van der Waals surface area (Å²) in [5.74, 6) is -3.31. The number of carbonyl (C=O) groups excluding carboxylic acids is 4. The number of rotatable bonds is 18. The number of thiol groups is 1. The van der Waals surface area contributed by atoms with Gasteiger partial charge in [0.15, 0.2) is 0 Å². The maximum atomic E-state index is 12.7. The maximum Gasteiger partial charge on any atom is 0.326 e. The Morgan fingerprint density at radius 2 is 1.48 bits per heavy atom. The van der Waals surface area contributed by atoms with Crippen molar-refractivity contribution in [1.82, 2.24) is 16.0 Å². The third kappa shape index (κ3) is 13.3. The molecule has 0 aliphatic heterocycles. The van der Waals surface area contributed by atoms with E-state index in [0.717, 1.165) is 0 Å². The molecule has 4 unspecified atom stereocenters. The molecule has 0 spiro atoms. The predicted octanol–water partition coefficient (Wildman–Crippen LogP) is -2.07. The lowest BCUT2D eigenvalue weighted by Gasteiger charge is -2.24. The molecule has 0 aliphatic carbocycles. The summed E-state index contributed by atoms with van der Waals surface area (Å²) in [4.78, 5) is 60.0. The first-order valence-corrected chi connectivity index (χ1v) is 12.6. The highest BCUT2D eigenvalue weighted by molar-refractivity contribution is 7.98. The van der Waals surface area contributed by atoms with Gasteiger partial charge in [-0.2, -0.15) is 24.4 Å². The normalized spacial score (nSPS) is 14.4. The molecule has 14 heteroatoms. The Bertz CT molecular complexity index is 669. The number of carboxylic acid groups (broad SMARTS) is 1. The quantitative estimate of drug-likeness (QED) is 0.0751. The van der Waals surface area contributed by atoms with Gasteiger partial charge in [0.2, 0.25) is 23.6 Å². The highest BCUT2D eigenvalue weighted by Gasteiger charge is 2.29. The molecule has 0 fully saturated rings. The van der Waals surface area contributed by atoms with E-state index in [1.54, 1.807) is 0 Å². The summed E-state index contributed by atoms with van der Waals surface area (Å²) >= 11 is 5.53. The van der Waals surface area contributed by atoms with Gasteiger partial charge in [0.1, 0.15) is 18.1 Å². The number of carbonyl (C=O) groups is 5. The van der Waals surface area contributed by atoms with Crippen molar-refractivity contribution < 1.29 is 29.1 Å². The van der Waals surface area contributed by atoms with E-state index in [9.17, 15) is 29.1 Å². The summed E-state index contributed by atoms with van der Waals surface area (Å²) < 4.78 is 0. The lowest BCUT2D eigenvalue weighted by Crippen LogP contribution is -2.57. The molecule has 0 rings (SSSR count). The van der Waals surface area contributed by atoms with Crippen LogP contribution >= 0.6 is 24.4 Å². The molecular weight excluding hydrogens is 472 g/mol. The highest BCUT2D eigenvalue weighted by Crippen LogP contribution is 2.06. The zero-order chi connectivity index (χ0) is 25.4. The Balaban J connectivity index is 5.14. The van der Waals surface area contributed by atoms with Crippen molar-refractivity contribution in [1.29, 1.82) is 0 Å². The molecule has 10 N–H and O–H groups in total. The number of carboxylic acids is 1. The van der Waals surface area contributed by atoms with E-state index in [1.807, 2.05) is 6.26 Å². The smallest absolute Gasteiger partial charge is 0.326 e. The van der Waals surface area contributed by atoms with Gasteiger partial charge in [-0.1, -0.05) is 0 Å². The van der Waals surface area contributed by atoms with Crippen LogP contribution in [-0.4, -0.2) is 83.2 Å². The van der Waals surface area contributed by atoms with Crippen molar-refractivity contribution in [2.24, 2.45) is 17.2 Å². The van der Waals surface area contributed by atoms with Gasteiger partial charge in [0, 0.05) is 12.2 Å². The molecule has 0 aromatic carbocycles. The second-order valence-electron chi connectivity index (χ2n) is 7.38. The number of hydrogen-bond acceptors (Lipinski definition) is 9. The fraction of sp³-hybridized carbons (Fsp3) is 0.737. The summed E-state index contributed by atoms with van der Waals surface area (Å²) in [5.41, 5.74) is 16.2. The van der Waals surface area contributed by atoms with Crippen LogP contribution in [0.2, 0.25) is 0 Å². The zero-order valence-electron chi connectivity index (χ0n) is 18.7. The van der Waals surface area contributed by atoms with Crippen LogP contribution in [0.25, 0.3) is 0 Å². The van der Waals surface area contributed by atoms with E-state index in [2.05, 4.69) is 28.6 Å². The van der Waals surface area contributed by atoms with Gasteiger partial charge >= 0.3 is 5.97 Å². The van der Waals surface area contributed by atoms with Crippen molar-refractivity contribution >= 4 is 54.0 Å². The third-order valence-corrected chi connectivity index (χ3v) is 5.67. The van der Waals surface area contributed by atoms with E-state index in [-0.39, 0.29) is 31.4 Å². The van der Waals surface area contributed by atoms with Crippen LogP contribution < -0.4 is 33.2 Å². The Morgan fingerprint density at radius 1 is 0.909 bits per heavy atom. The van der Waals surface area contributed by atoms with Crippen molar-refractivity contribution in [2.75, 3.05) is 24.3 Å². The second kappa shape index (κ2) is 17.4. The number of nitrogens with one attached hydrogen (secondary N) is 3. The number of primary amides is 1. The predicted molar refractivity (Wildman–Crippen MR) is 130 cm³/mol. The van der Waals surface area contributed by atoms with Gasteiger partial charge in [-0.25, -0.2) is 4.79 Å². The van der Waals surface area contributed by atoms with E-state index < -0.39 is 53.8 Å². The van der Waals surface area contributed by atoms with Crippen LogP contribution in [0.5, 0.6) is 0 Å². The fourth-order valence-corrected chi connectivity index (χ4v) is 3.43. The molecule has 12 nitrogen and oxygen atoms in total. The molecule has 33 heavy (non-hydrogen) atoms. The van der Waals surface area contributed by atoms with Crippen molar-refractivity contribution in [3.63, 3.8) is 0 Å². The Morgan fingerprint density at radius 3 is 2.00 bits per heavy atom. The summed E-state index contributed by atoms with van der Waals surface area (Å²) in [5, 5.41) is 16.8. The van der Waals surface area contributed by atoms with Gasteiger partial charge < -0.3 is 38.3 Å². The van der Waals surface area contributed by atoms with Crippen molar-refractivity contribution in [2.45, 2.75) is 62.7 Å². The largest absolute Gasteiger partial charge is 0.480 e. The van der Waals surface area contributed by atoms with E-state index >= 15 is 0 Å². The first-order chi connectivity index (χ1) is 15.6. The Labute approximate surface area is 203 Å². The number of nitrogens with two attached hydrogens (primary N) is 3.